The summed E-state index contributed by atoms with van der Waals surface area (Å²) in [4.78, 5) is 11.7. The number of ether oxygens (including phenoxy) is 1. The zero-order chi connectivity index (χ0) is 24.3. The maximum Gasteiger partial charge on any atom is 0.339 e. The molecule has 1 aromatic carbocycles. The predicted octanol–water partition coefficient (Wildman–Crippen LogP) is 3.48. The minimum Gasteiger partial charge on any atom is -0.462 e. The zero-order valence-electron chi connectivity index (χ0n) is 19.9. The van der Waals surface area contributed by atoms with Crippen molar-refractivity contribution >= 4 is 26.0 Å². The second-order valence-electron chi connectivity index (χ2n) is 8.40. The zero-order valence-corrected chi connectivity index (χ0v) is 21.5. The average molecular weight is 477 g/mol. The second kappa shape index (κ2) is 10.4. The molecule has 0 radical (unpaired) electrons. The first-order valence-corrected chi connectivity index (χ1v) is 13.4. The summed E-state index contributed by atoms with van der Waals surface area (Å²) in [7, 11) is -8.62. The standard InChI is InChI=1S/C21H36N2O6S2/c1-10-29-21(24)18-12-11-13-19(30(25,26)22(14(2)3)15(4)5)20(18)31(27,28)23(16(6)7)17(8)9/h11-17H,10H2,1-9H3. The van der Waals surface area contributed by atoms with Gasteiger partial charge in [0.15, 0.2) is 0 Å². The Labute approximate surface area is 187 Å². The molecule has 0 aromatic heterocycles. The molecule has 1 rings (SSSR count). The molecular weight excluding hydrogens is 440 g/mol. The van der Waals surface area contributed by atoms with Crippen LogP contribution in [0.5, 0.6) is 0 Å². The van der Waals surface area contributed by atoms with Crippen molar-refractivity contribution in [2.75, 3.05) is 6.61 Å². The van der Waals surface area contributed by atoms with Crippen LogP contribution < -0.4 is 0 Å². The van der Waals surface area contributed by atoms with Crippen LogP contribution in [0.1, 0.15) is 72.7 Å². The Morgan fingerprint density at radius 1 is 0.806 bits per heavy atom. The third-order valence-corrected chi connectivity index (χ3v) is 9.38. The molecular formula is C21H36N2O6S2. The summed E-state index contributed by atoms with van der Waals surface area (Å²) in [5.74, 6) is -0.883. The van der Waals surface area contributed by atoms with Crippen LogP contribution in [-0.2, 0) is 24.8 Å². The lowest BCUT2D eigenvalue weighted by molar-refractivity contribution is 0.0520. The van der Waals surface area contributed by atoms with Crippen molar-refractivity contribution in [3.8, 4) is 0 Å². The van der Waals surface area contributed by atoms with E-state index in [1.54, 1.807) is 62.3 Å². The van der Waals surface area contributed by atoms with E-state index in [0.717, 1.165) is 0 Å². The van der Waals surface area contributed by atoms with Crippen molar-refractivity contribution in [2.24, 2.45) is 0 Å². The van der Waals surface area contributed by atoms with Gasteiger partial charge in [0.2, 0.25) is 20.0 Å². The van der Waals surface area contributed by atoms with Gasteiger partial charge >= 0.3 is 5.97 Å². The van der Waals surface area contributed by atoms with Gasteiger partial charge in [0.05, 0.1) is 12.2 Å². The second-order valence-corrected chi connectivity index (χ2v) is 12.0. The van der Waals surface area contributed by atoms with Gasteiger partial charge in [-0.2, -0.15) is 8.61 Å². The fourth-order valence-corrected chi connectivity index (χ4v) is 8.51. The Hall–Kier alpha value is -1.49. The Morgan fingerprint density at radius 2 is 1.23 bits per heavy atom. The fourth-order valence-electron chi connectivity index (χ4n) is 3.88. The van der Waals surface area contributed by atoms with E-state index in [1.165, 1.54) is 26.8 Å². The highest BCUT2D eigenvalue weighted by Crippen LogP contribution is 2.33. The van der Waals surface area contributed by atoms with Crippen LogP contribution in [0, 0.1) is 0 Å². The lowest BCUT2D eigenvalue weighted by Crippen LogP contribution is -2.45. The van der Waals surface area contributed by atoms with Gasteiger partial charge in [-0.3, -0.25) is 0 Å². The van der Waals surface area contributed by atoms with E-state index in [1.807, 2.05) is 0 Å². The third kappa shape index (κ3) is 5.66. The smallest absolute Gasteiger partial charge is 0.339 e. The predicted molar refractivity (Wildman–Crippen MR) is 121 cm³/mol. The molecule has 0 amide bonds. The molecule has 0 atom stereocenters. The molecule has 0 saturated heterocycles. The number of hydrogen-bond acceptors (Lipinski definition) is 6. The maximum absolute atomic E-state index is 13.8. The van der Waals surface area contributed by atoms with Crippen LogP contribution in [0.2, 0.25) is 0 Å². The Morgan fingerprint density at radius 3 is 1.61 bits per heavy atom. The van der Waals surface area contributed by atoms with E-state index >= 15 is 0 Å². The van der Waals surface area contributed by atoms with Gasteiger partial charge in [0, 0.05) is 24.2 Å². The molecule has 0 saturated carbocycles. The molecule has 0 N–H and O–H groups in total. The van der Waals surface area contributed by atoms with E-state index in [4.69, 9.17) is 4.74 Å². The molecule has 0 fully saturated rings. The minimum absolute atomic E-state index is 0.0253. The van der Waals surface area contributed by atoms with Crippen LogP contribution in [0.15, 0.2) is 28.0 Å². The van der Waals surface area contributed by atoms with Crippen LogP contribution in [0.3, 0.4) is 0 Å². The van der Waals surface area contributed by atoms with Gasteiger partial charge in [0.1, 0.15) is 9.79 Å². The lowest BCUT2D eigenvalue weighted by atomic mass is 10.2. The summed E-state index contributed by atoms with van der Waals surface area (Å²) in [6.07, 6.45) is 0. The largest absolute Gasteiger partial charge is 0.462 e. The maximum atomic E-state index is 13.8. The average Bonchev–Trinajstić information content (AvgIpc) is 2.59. The summed E-state index contributed by atoms with van der Waals surface area (Å²) >= 11 is 0. The number of esters is 1. The van der Waals surface area contributed by atoms with Crippen molar-refractivity contribution < 1.29 is 26.4 Å². The van der Waals surface area contributed by atoms with E-state index in [0.29, 0.717) is 0 Å². The van der Waals surface area contributed by atoms with E-state index in [-0.39, 0.29) is 12.2 Å². The van der Waals surface area contributed by atoms with Crippen LogP contribution in [-0.4, -0.2) is 62.2 Å². The van der Waals surface area contributed by atoms with Crippen molar-refractivity contribution in [1.82, 2.24) is 8.61 Å². The molecule has 0 aliphatic carbocycles. The highest BCUT2D eigenvalue weighted by Gasteiger charge is 2.41. The first-order valence-electron chi connectivity index (χ1n) is 10.5. The van der Waals surface area contributed by atoms with Crippen LogP contribution in [0.25, 0.3) is 0 Å². The molecule has 1 aromatic rings. The van der Waals surface area contributed by atoms with Crippen molar-refractivity contribution in [2.45, 2.75) is 96.3 Å². The molecule has 10 heteroatoms. The molecule has 0 spiro atoms. The van der Waals surface area contributed by atoms with Gasteiger partial charge in [-0.05, 0) is 74.4 Å². The molecule has 31 heavy (non-hydrogen) atoms. The topological polar surface area (TPSA) is 101 Å². The SMILES string of the molecule is CCOC(=O)c1cccc(S(=O)(=O)N(C(C)C)C(C)C)c1S(=O)(=O)N(C(C)C)C(C)C. The Balaban J connectivity index is 4.10. The summed E-state index contributed by atoms with van der Waals surface area (Å²) in [5, 5.41) is 0. The van der Waals surface area contributed by atoms with Gasteiger partial charge < -0.3 is 4.74 Å². The van der Waals surface area contributed by atoms with Crippen LogP contribution in [0.4, 0.5) is 0 Å². The first kappa shape index (κ1) is 27.5. The highest BCUT2D eigenvalue weighted by molar-refractivity contribution is 7.92. The molecule has 178 valence electrons. The first-order chi connectivity index (χ1) is 14.1. The fraction of sp³-hybridized carbons (Fsp3) is 0.667. The third-order valence-electron chi connectivity index (χ3n) is 4.60. The molecule has 0 unspecified atom stereocenters. The quantitative estimate of drug-likeness (QED) is 0.479. The summed E-state index contributed by atoms with van der Waals surface area (Å²) in [6.45, 7) is 15.3. The Bertz CT molecular complexity index is 967. The Kier molecular flexibility index (Phi) is 9.26. The van der Waals surface area contributed by atoms with Crippen molar-refractivity contribution in [3.63, 3.8) is 0 Å². The summed E-state index contributed by atoms with van der Waals surface area (Å²) < 4.78 is 62.5. The van der Waals surface area contributed by atoms with Gasteiger partial charge in [-0.15, -0.1) is 0 Å². The van der Waals surface area contributed by atoms with Crippen molar-refractivity contribution in [3.05, 3.63) is 23.8 Å². The van der Waals surface area contributed by atoms with E-state index in [9.17, 15) is 21.6 Å². The number of carbonyl (C=O) groups is 1. The van der Waals surface area contributed by atoms with E-state index < -0.39 is 60.0 Å². The number of nitrogens with zero attached hydrogens (tertiary/aromatic N) is 2. The minimum atomic E-state index is -4.37. The normalized spacial score (nSPS) is 13.3. The van der Waals surface area contributed by atoms with Gasteiger partial charge in [-0.1, -0.05) is 6.07 Å². The number of benzene rings is 1. The number of sulfonamides is 2. The number of rotatable bonds is 10. The highest BCUT2D eigenvalue weighted by atomic mass is 32.2. The number of hydrogen-bond donors (Lipinski definition) is 0. The monoisotopic (exact) mass is 476 g/mol. The molecule has 8 nitrogen and oxygen atoms in total. The van der Waals surface area contributed by atoms with E-state index in [2.05, 4.69) is 0 Å². The summed E-state index contributed by atoms with van der Waals surface area (Å²) in [6, 6.07) is 2.14. The lowest BCUT2D eigenvalue weighted by Gasteiger charge is -2.33. The van der Waals surface area contributed by atoms with Gasteiger partial charge in [-0.25, -0.2) is 21.6 Å². The number of carbonyl (C=O) groups excluding carboxylic acids is 1. The summed E-state index contributed by atoms with van der Waals surface area (Å²) in [5.41, 5.74) is -0.290. The molecule has 0 heterocycles. The van der Waals surface area contributed by atoms with Crippen LogP contribution >= 0.6 is 0 Å². The van der Waals surface area contributed by atoms with Gasteiger partial charge in [0.25, 0.3) is 0 Å². The molecule has 0 aliphatic heterocycles. The van der Waals surface area contributed by atoms with Crippen molar-refractivity contribution in [1.29, 1.82) is 0 Å². The molecule has 0 bridgehead atoms. The molecule has 0 aliphatic rings.